The standard InChI is InChI=1S/C29H54O16/c1-31-13-17(34-4)23(20(35-5)16(12-30)33-3)45-29-27(41-11)25(39-9)22(37-7)19(44-29)15-42-28-26(40-10)24(38-8)21(36-6)18(43-28)14-32-2/h12,16-29H,13-15H2,1-11H3/t16-,17+,18+,19+,20+,21+,22+,23+,24-,25-,26+,27+,28-,29+/m0/s1. The van der Waals surface area contributed by atoms with Gasteiger partial charge >= 0.3 is 0 Å². The van der Waals surface area contributed by atoms with E-state index in [1.165, 1.54) is 56.9 Å². The molecule has 16 nitrogen and oxygen atoms in total. The summed E-state index contributed by atoms with van der Waals surface area (Å²) in [7, 11) is 16.7. The number of ether oxygens (including phenoxy) is 15. The Morgan fingerprint density at radius 1 is 0.556 bits per heavy atom. The smallest absolute Gasteiger partial charge is 0.187 e. The summed E-state index contributed by atoms with van der Waals surface area (Å²) in [6, 6.07) is 0. The van der Waals surface area contributed by atoms with Crippen molar-refractivity contribution in [3.63, 3.8) is 0 Å². The number of hydrogen-bond acceptors (Lipinski definition) is 16. The fraction of sp³-hybridized carbons (Fsp3) is 0.966. The van der Waals surface area contributed by atoms with Crippen LogP contribution >= 0.6 is 0 Å². The highest BCUT2D eigenvalue weighted by atomic mass is 16.8. The Hall–Kier alpha value is -0.930. The van der Waals surface area contributed by atoms with Crippen molar-refractivity contribution in [3.8, 4) is 0 Å². The largest absolute Gasteiger partial charge is 0.382 e. The van der Waals surface area contributed by atoms with Gasteiger partial charge in [0.2, 0.25) is 0 Å². The highest BCUT2D eigenvalue weighted by molar-refractivity contribution is 5.57. The summed E-state index contributed by atoms with van der Waals surface area (Å²) in [5.74, 6) is 0. The number of rotatable bonds is 22. The van der Waals surface area contributed by atoms with Crippen LogP contribution in [0.4, 0.5) is 0 Å². The maximum absolute atomic E-state index is 11.9. The van der Waals surface area contributed by atoms with Gasteiger partial charge in [0, 0.05) is 78.2 Å². The van der Waals surface area contributed by atoms with Gasteiger partial charge in [-0.25, -0.2) is 0 Å². The van der Waals surface area contributed by atoms with Crippen molar-refractivity contribution in [2.45, 2.75) is 85.8 Å². The van der Waals surface area contributed by atoms with Crippen molar-refractivity contribution in [2.75, 3.05) is 98.0 Å². The average molecular weight is 659 g/mol. The zero-order valence-corrected chi connectivity index (χ0v) is 28.3. The van der Waals surface area contributed by atoms with Crippen LogP contribution in [0.2, 0.25) is 0 Å². The predicted octanol–water partition coefficient (Wildman–Crippen LogP) is -0.535. The number of carbonyl (C=O) groups is 1. The van der Waals surface area contributed by atoms with E-state index in [1.54, 1.807) is 21.3 Å². The van der Waals surface area contributed by atoms with E-state index in [-0.39, 0.29) is 19.8 Å². The minimum atomic E-state index is -1.07. The van der Waals surface area contributed by atoms with Crippen LogP contribution in [0.25, 0.3) is 0 Å². The molecule has 2 aliphatic rings. The van der Waals surface area contributed by atoms with Crippen molar-refractivity contribution >= 4 is 6.29 Å². The summed E-state index contributed by atoms with van der Waals surface area (Å²) in [4.78, 5) is 11.9. The highest BCUT2D eigenvalue weighted by Crippen LogP contribution is 2.33. The first kappa shape index (κ1) is 40.2. The molecule has 14 atom stereocenters. The molecule has 0 aliphatic carbocycles. The molecule has 0 aromatic carbocycles. The van der Waals surface area contributed by atoms with E-state index in [4.69, 9.17) is 71.1 Å². The van der Waals surface area contributed by atoms with Crippen LogP contribution in [0, 0.1) is 0 Å². The molecule has 0 N–H and O–H groups in total. The molecule has 0 amide bonds. The normalized spacial score (nSPS) is 35.1. The third kappa shape index (κ3) is 9.81. The molecule has 2 fully saturated rings. The number of hydrogen-bond donors (Lipinski definition) is 0. The van der Waals surface area contributed by atoms with Crippen LogP contribution in [-0.2, 0) is 75.8 Å². The van der Waals surface area contributed by atoms with Gasteiger partial charge in [0.15, 0.2) is 18.9 Å². The van der Waals surface area contributed by atoms with Crippen molar-refractivity contribution in [1.82, 2.24) is 0 Å². The zero-order chi connectivity index (χ0) is 33.5. The van der Waals surface area contributed by atoms with E-state index in [0.29, 0.717) is 6.29 Å². The molecule has 0 bridgehead atoms. The van der Waals surface area contributed by atoms with Crippen molar-refractivity contribution in [3.05, 3.63) is 0 Å². The topological polar surface area (TPSA) is 156 Å². The molecule has 0 aromatic heterocycles. The average Bonchev–Trinajstić information content (AvgIpc) is 3.06. The summed E-state index contributed by atoms with van der Waals surface area (Å²) >= 11 is 0. The fourth-order valence-corrected chi connectivity index (χ4v) is 5.94. The van der Waals surface area contributed by atoms with Gasteiger partial charge in [0.05, 0.1) is 19.8 Å². The Morgan fingerprint density at radius 2 is 1.07 bits per heavy atom. The Bertz CT molecular complexity index is 793. The summed E-state index contributed by atoms with van der Waals surface area (Å²) in [5, 5.41) is 0. The van der Waals surface area contributed by atoms with Gasteiger partial charge in [-0.1, -0.05) is 0 Å². The van der Waals surface area contributed by atoms with Crippen LogP contribution < -0.4 is 0 Å². The van der Waals surface area contributed by atoms with E-state index in [2.05, 4.69) is 0 Å². The van der Waals surface area contributed by atoms with Gasteiger partial charge in [-0.3, -0.25) is 0 Å². The van der Waals surface area contributed by atoms with Crippen molar-refractivity contribution in [2.24, 2.45) is 0 Å². The van der Waals surface area contributed by atoms with E-state index in [1.807, 2.05) is 0 Å². The molecule has 0 unspecified atom stereocenters. The Balaban J connectivity index is 2.41. The molecule has 0 spiro atoms. The van der Waals surface area contributed by atoms with E-state index in [0.717, 1.165) is 0 Å². The SMILES string of the molecule is COC[C@H]1O[C@H](OC[C@H]2O[C@H](O[C@@H]([C@H](OC)[C@H](C=O)OC)[C@@H](COC)OC)[C@H](OC)[C@@H](OC)[C@@H]2OC)[C@H](OC)[C@@H](OC)[C@@H]1OC. The second-order valence-electron chi connectivity index (χ2n) is 10.4. The first-order valence-corrected chi connectivity index (χ1v) is 14.6. The molecule has 2 rings (SSSR count). The molecule has 2 heterocycles. The van der Waals surface area contributed by atoms with Crippen LogP contribution in [0.1, 0.15) is 0 Å². The van der Waals surface area contributed by atoms with Crippen LogP contribution in [0.15, 0.2) is 0 Å². The molecule has 16 heteroatoms. The molecule has 0 radical (unpaired) electrons. The monoisotopic (exact) mass is 658 g/mol. The van der Waals surface area contributed by atoms with Gasteiger partial charge in [0.25, 0.3) is 0 Å². The maximum atomic E-state index is 11.9. The summed E-state index contributed by atoms with van der Waals surface area (Å²) in [5.41, 5.74) is 0. The third-order valence-electron chi connectivity index (χ3n) is 8.19. The first-order chi connectivity index (χ1) is 21.8. The molecule has 266 valence electrons. The first-order valence-electron chi connectivity index (χ1n) is 14.6. The lowest BCUT2D eigenvalue weighted by atomic mass is 9.97. The molecule has 0 aromatic rings. The van der Waals surface area contributed by atoms with Crippen LogP contribution in [0.3, 0.4) is 0 Å². The molecule has 45 heavy (non-hydrogen) atoms. The summed E-state index contributed by atoms with van der Waals surface area (Å²) < 4.78 is 87.6. The third-order valence-corrected chi connectivity index (χ3v) is 8.19. The minimum Gasteiger partial charge on any atom is -0.382 e. The number of carbonyl (C=O) groups excluding carboxylic acids is 1. The van der Waals surface area contributed by atoms with E-state index >= 15 is 0 Å². The highest BCUT2D eigenvalue weighted by Gasteiger charge is 2.52. The Labute approximate surface area is 266 Å². The van der Waals surface area contributed by atoms with Gasteiger partial charge in [-0.05, 0) is 0 Å². The molecular formula is C29H54O16. The molecule has 2 aliphatic heterocycles. The van der Waals surface area contributed by atoms with E-state index < -0.39 is 85.8 Å². The van der Waals surface area contributed by atoms with Gasteiger partial charge in [0.1, 0.15) is 73.2 Å². The molecule has 0 saturated carbocycles. The van der Waals surface area contributed by atoms with Gasteiger partial charge in [-0.2, -0.15) is 0 Å². The molecular weight excluding hydrogens is 604 g/mol. The maximum Gasteiger partial charge on any atom is 0.187 e. The van der Waals surface area contributed by atoms with Crippen molar-refractivity contribution < 1.29 is 75.8 Å². The van der Waals surface area contributed by atoms with Gasteiger partial charge in [-0.15, -0.1) is 0 Å². The summed E-state index contributed by atoms with van der Waals surface area (Å²) in [6.07, 6.45) is -9.81. The van der Waals surface area contributed by atoms with Gasteiger partial charge < -0.3 is 75.8 Å². The number of aldehydes is 1. The summed E-state index contributed by atoms with van der Waals surface area (Å²) in [6.45, 7) is 0.316. The lowest BCUT2D eigenvalue weighted by Crippen LogP contribution is -2.64. The predicted molar refractivity (Wildman–Crippen MR) is 155 cm³/mol. The second kappa shape index (κ2) is 21.1. The van der Waals surface area contributed by atoms with Crippen LogP contribution in [0.5, 0.6) is 0 Å². The van der Waals surface area contributed by atoms with Crippen LogP contribution in [-0.4, -0.2) is 190 Å². The Kier molecular flexibility index (Phi) is 18.9. The van der Waals surface area contributed by atoms with E-state index in [9.17, 15) is 4.79 Å². The lowest BCUT2D eigenvalue weighted by molar-refractivity contribution is -0.352. The minimum absolute atomic E-state index is 0.0356. The Morgan fingerprint density at radius 3 is 1.49 bits per heavy atom. The van der Waals surface area contributed by atoms with Crippen molar-refractivity contribution in [1.29, 1.82) is 0 Å². The quantitative estimate of drug-likeness (QED) is 0.137. The molecule has 2 saturated heterocycles. The second-order valence-corrected chi connectivity index (χ2v) is 10.4. The zero-order valence-electron chi connectivity index (χ0n) is 28.3. The fourth-order valence-electron chi connectivity index (χ4n) is 5.94. The number of methoxy groups -OCH3 is 11. The lowest BCUT2D eigenvalue weighted by Gasteiger charge is -2.47.